The first-order valence-corrected chi connectivity index (χ1v) is 9.05. The number of rotatable bonds is 5. The molecule has 27 heavy (non-hydrogen) atoms. The number of piperazine rings is 1. The van der Waals surface area contributed by atoms with E-state index in [2.05, 4.69) is 15.2 Å². The van der Waals surface area contributed by atoms with Gasteiger partial charge in [-0.15, -0.1) is 0 Å². The second kappa shape index (κ2) is 8.53. The van der Waals surface area contributed by atoms with E-state index in [0.717, 1.165) is 18.9 Å². The Morgan fingerprint density at radius 2 is 1.78 bits per heavy atom. The molecule has 142 valence electrons. The van der Waals surface area contributed by atoms with E-state index in [-0.39, 0.29) is 11.8 Å². The summed E-state index contributed by atoms with van der Waals surface area (Å²) in [4.78, 5) is 32.5. The Labute approximate surface area is 158 Å². The van der Waals surface area contributed by atoms with Gasteiger partial charge in [0.05, 0.1) is 19.0 Å². The van der Waals surface area contributed by atoms with Gasteiger partial charge >= 0.3 is 0 Å². The zero-order chi connectivity index (χ0) is 19.2. The molecule has 2 aromatic rings. The van der Waals surface area contributed by atoms with Crippen molar-refractivity contribution < 1.29 is 14.3 Å². The van der Waals surface area contributed by atoms with Crippen LogP contribution in [0.15, 0.2) is 42.6 Å². The van der Waals surface area contributed by atoms with E-state index in [4.69, 9.17) is 4.74 Å². The van der Waals surface area contributed by atoms with Crippen LogP contribution in [0.1, 0.15) is 23.7 Å². The van der Waals surface area contributed by atoms with Crippen molar-refractivity contribution in [2.45, 2.75) is 13.3 Å². The highest BCUT2D eigenvalue weighted by Gasteiger charge is 2.20. The fourth-order valence-corrected chi connectivity index (χ4v) is 3.00. The highest BCUT2D eigenvalue weighted by molar-refractivity contribution is 6.04. The minimum absolute atomic E-state index is 0.194. The molecule has 1 N–H and O–H groups in total. The molecule has 1 aliphatic rings. The first kappa shape index (κ1) is 18.7. The second-order valence-corrected chi connectivity index (χ2v) is 6.31. The molecule has 0 bridgehead atoms. The monoisotopic (exact) mass is 368 g/mol. The SMILES string of the molecule is CCC(=O)N1CCN(c2ccc(NC(=O)c3ccc(OC)cc3)cn2)CC1. The van der Waals surface area contributed by atoms with Gasteiger partial charge in [-0.05, 0) is 36.4 Å². The van der Waals surface area contributed by atoms with Crippen LogP contribution in [0.3, 0.4) is 0 Å². The number of hydrogen-bond acceptors (Lipinski definition) is 5. The molecule has 0 spiro atoms. The topological polar surface area (TPSA) is 74.8 Å². The molecule has 7 nitrogen and oxygen atoms in total. The first-order valence-electron chi connectivity index (χ1n) is 9.05. The summed E-state index contributed by atoms with van der Waals surface area (Å²) in [6, 6.07) is 10.7. The van der Waals surface area contributed by atoms with Crippen molar-refractivity contribution in [2.24, 2.45) is 0 Å². The van der Waals surface area contributed by atoms with Crippen LogP contribution in [0.2, 0.25) is 0 Å². The average Bonchev–Trinajstić information content (AvgIpc) is 2.74. The smallest absolute Gasteiger partial charge is 0.255 e. The van der Waals surface area contributed by atoms with Crippen LogP contribution in [0, 0.1) is 0 Å². The van der Waals surface area contributed by atoms with Crippen molar-refractivity contribution in [3.05, 3.63) is 48.2 Å². The van der Waals surface area contributed by atoms with Crippen LogP contribution in [-0.4, -0.2) is 55.0 Å². The molecule has 0 unspecified atom stereocenters. The van der Waals surface area contributed by atoms with E-state index in [1.165, 1.54) is 0 Å². The van der Waals surface area contributed by atoms with Crippen molar-refractivity contribution >= 4 is 23.3 Å². The van der Waals surface area contributed by atoms with Crippen LogP contribution < -0.4 is 15.0 Å². The molecular weight excluding hydrogens is 344 g/mol. The average molecular weight is 368 g/mol. The number of methoxy groups -OCH3 is 1. The summed E-state index contributed by atoms with van der Waals surface area (Å²) in [5.41, 5.74) is 1.19. The van der Waals surface area contributed by atoms with Crippen molar-refractivity contribution in [1.82, 2.24) is 9.88 Å². The normalized spacial score (nSPS) is 14.0. The quantitative estimate of drug-likeness (QED) is 0.877. The van der Waals surface area contributed by atoms with Gasteiger partial charge in [0, 0.05) is 38.2 Å². The van der Waals surface area contributed by atoms with E-state index >= 15 is 0 Å². The second-order valence-electron chi connectivity index (χ2n) is 6.31. The fraction of sp³-hybridized carbons (Fsp3) is 0.350. The maximum absolute atomic E-state index is 12.3. The van der Waals surface area contributed by atoms with E-state index in [0.29, 0.717) is 36.5 Å². The molecule has 0 radical (unpaired) electrons. The number of nitrogens with one attached hydrogen (secondary N) is 1. The lowest BCUT2D eigenvalue weighted by Gasteiger charge is -2.35. The molecule has 1 aliphatic heterocycles. The summed E-state index contributed by atoms with van der Waals surface area (Å²) in [6.45, 7) is 4.83. The summed E-state index contributed by atoms with van der Waals surface area (Å²) in [6.07, 6.45) is 2.20. The number of anilines is 2. The first-order chi connectivity index (χ1) is 13.1. The summed E-state index contributed by atoms with van der Waals surface area (Å²) < 4.78 is 5.10. The van der Waals surface area contributed by atoms with Gasteiger partial charge in [-0.2, -0.15) is 0 Å². The van der Waals surface area contributed by atoms with Gasteiger partial charge in [0.2, 0.25) is 5.91 Å². The maximum atomic E-state index is 12.3. The molecule has 2 amide bonds. The van der Waals surface area contributed by atoms with E-state index in [9.17, 15) is 9.59 Å². The number of carbonyl (C=O) groups excluding carboxylic acids is 2. The van der Waals surface area contributed by atoms with E-state index in [1.807, 2.05) is 24.0 Å². The Morgan fingerprint density at radius 3 is 2.33 bits per heavy atom. The summed E-state index contributed by atoms with van der Waals surface area (Å²) in [5, 5.41) is 2.84. The number of carbonyl (C=O) groups is 2. The molecule has 0 saturated carbocycles. The minimum Gasteiger partial charge on any atom is -0.497 e. The Kier molecular flexibility index (Phi) is 5.90. The van der Waals surface area contributed by atoms with Gasteiger partial charge in [0.15, 0.2) is 0 Å². The van der Waals surface area contributed by atoms with Gasteiger partial charge in [0.25, 0.3) is 5.91 Å². The molecule has 1 aromatic carbocycles. The number of nitrogens with zero attached hydrogens (tertiary/aromatic N) is 3. The fourth-order valence-electron chi connectivity index (χ4n) is 3.00. The highest BCUT2D eigenvalue weighted by atomic mass is 16.5. The molecular formula is C20H24N4O3. The number of amides is 2. The third-order valence-corrected chi connectivity index (χ3v) is 4.62. The predicted octanol–water partition coefficient (Wildman–Crippen LogP) is 2.40. The van der Waals surface area contributed by atoms with Gasteiger partial charge in [0.1, 0.15) is 11.6 Å². The molecule has 7 heteroatoms. The van der Waals surface area contributed by atoms with E-state index < -0.39 is 0 Å². The third-order valence-electron chi connectivity index (χ3n) is 4.62. The largest absolute Gasteiger partial charge is 0.497 e. The van der Waals surface area contributed by atoms with Crippen molar-refractivity contribution in [3.8, 4) is 5.75 Å². The molecule has 1 saturated heterocycles. The maximum Gasteiger partial charge on any atom is 0.255 e. The highest BCUT2D eigenvalue weighted by Crippen LogP contribution is 2.18. The van der Waals surface area contributed by atoms with Gasteiger partial charge in [-0.3, -0.25) is 9.59 Å². The van der Waals surface area contributed by atoms with Crippen molar-refractivity contribution in [2.75, 3.05) is 43.5 Å². The van der Waals surface area contributed by atoms with Crippen LogP contribution in [0.5, 0.6) is 5.75 Å². The molecule has 2 heterocycles. The Balaban J connectivity index is 1.57. The number of hydrogen-bond donors (Lipinski definition) is 1. The number of ether oxygens (including phenoxy) is 1. The Bertz CT molecular complexity index is 782. The summed E-state index contributed by atoms with van der Waals surface area (Å²) in [7, 11) is 1.59. The zero-order valence-electron chi connectivity index (χ0n) is 15.6. The van der Waals surface area contributed by atoms with Crippen LogP contribution in [0.4, 0.5) is 11.5 Å². The van der Waals surface area contributed by atoms with Gasteiger partial charge in [-0.1, -0.05) is 6.92 Å². The van der Waals surface area contributed by atoms with Crippen molar-refractivity contribution in [1.29, 1.82) is 0 Å². The van der Waals surface area contributed by atoms with Gasteiger partial charge < -0.3 is 19.9 Å². The molecule has 3 rings (SSSR count). The van der Waals surface area contributed by atoms with Gasteiger partial charge in [-0.25, -0.2) is 4.98 Å². The lowest BCUT2D eigenvalue weighted by Crippen LogP contribution is -2.48. The minimum atomic E-state index is -0.195. The van der Waals surface area contributed by atoms with Crippen LogP contribution in [-0.2, 0) is 4.79 Å². The standard InChI is InChI=1S/C20H24N4O3/c1-3-19(25)24-12-10-23(11-13-24)18-9-6-16(14-21-18)22-20(26)15-4-7-17(27-2)8-5-15/h4-9,14H,3,10-13H2,1-2H3,(H,22,26). The summed E-state index contributed by atoms with van der Waals surface area (Å²) in [5.74, 6) is 1.55. The lowest BCUT2D eigenvalue weighted by atomic mass is 10.2. The van der Waals surface area contributed by atoms with E-state index in [1.54, 1.807) is 37.6 Å². The van der Waals surface area contributed by atoms with Crippen LogP contribution >= 0.6 is 0 Å². The van der Waals surface area contributed by atoms with Crippen molar-refractivity contribution in [3.63, 3.8) is 0 Å². The molecule has 0 aliphatic carbocycles. The Morgan fingerprint density at radius 1 is 1.07 bits per heavy atom. The molecule has 0 atom stereocenters. The Hall–Kier alpha value is -3.09. The number of benzene rings is 1. The molecule has 1 aromatic heterocycles. The molecule has 1 fully saturated rings. The number of aromatic nitrogens is 1. The zero-order valence-corrected chi connectivity index (χ0v) is 15.6. The third kappa shape index (κ3) is 4.55. The summed E-state index contributed by atoms with van der Waals surface area (Å²) >= 11 is 0. The van der Waals surface area contributed by atoms with Crippen LogP contribution in [0.25, 0.3) is 0 Å². The lowest BCUT2D eigenvalue weighted by molar-refractivity contribution is -0.131. The number of pyridine rings is 1. The predicted molar refractivity (Wildman–Crippen MR) is 104 cm³/mol.